The molecule has 2 aromatic carbocycles. The highest BCUT2D eigenvalue weighted by atomic mass is 16.5. The van der Waals surface area contributed by atoms with E-state index in [1.54, 1.807) is 6.20 Å². The summed E-state index contributed by atoms with van der Waals surface area (Å²) in [5, 5.41) is 12.0. The van der Waals surface area contributed by atoms with Gasteiger partial charge in [-0.05, 0) is 67.8 Å². The Bertz CT molecular complexity index is 1350. The number of benzene rings is 2. The van der Waals surface area contributed by atoms with Gasteiger partial charge in [0.05, 0.1) is 23.7 Å². The monoisotopic (exact) mass is 428 g/mol. The van der Waals surface area contributed by atoms with Crippen molar-refractivity contribution in [2.24, 2.45) is 0 Å². The van der Waals surface area contributed by atoms with E-state index in [0.29, 0.717) is 12.2 Å². The molecule has 0 saturated carbocycles. The molecule has 6 nitrogen and oxygen atoms in total. The Labute approximate surface area is 185 Å². The van der Waals surface area contributed by atoms with Gasteiger partial charge in [0.2, 0.25) is 0 Å². The number of carboxylic acid groups (broad SMARTS) is 1. The van der Waals surface area contributed by atoms with Crippen LogP contribution in [0.3, 0.4) is 0 Å². The largest absolute Gasteiger partial charge is 0.493 e. The molecule has 6 heteroatoms. The first kappa shape index (κ1) is 20.4. The minimum atomic E-state index is -1.11. The van der Waals surface area contributed by atoms with Crippen molar-refractivity contribution in [1.29, 1.82) is 0 Å². The number of aryl methyl sites for hydroxylation is 1. The zero-order chi connectivity index (χ0) is 22.4. The molecule has 1 aliphatic rings. The maximum Gasteiger partial charge on any atom is 0.337 e. The lowest BCUT2D eigenvalue weighted by Gasteiger charge is -2.25. The fourth-order valence-corrected chi connectivity index (χ4v) is 4.62. The van der Waals surface area contributed by atoms with Gasteiger partial charge in [-0.15, -0.1) is 0 Å². The molecule has 0 bridgehead atoms. The fourth-order valence-electron chi connectivity index (χ4n) is 4.62. The van der Waals surface area contributed by atoms with Crippen molar-refractivity contribution in [2.45, 2.75) is 39.4 Å². The summed E-state index contributed by atoms with van der Waals surface area (Å²) < 4.78 is 11.8. The van der Waals surface area contributed by atoms with Crippen LogP contribution in [0.15, 0.2) is 48.8 Å². The van der Waals surface area contributed by atoms with E-state index in [2.05, 4.69) is 4.98 Å². The SMILES string of the molecule is Cc1cc2ncccc2c(-c2ccc3c4c(ccnc24)CCO3)c1C(OC(C)C)C(=O)O. The minimum Gasteiger partial charge on any atom is -0.493 e. The van der Waals surface area contributed by atoms with Crippen LogP contribution in [-0.4, -0.2) is 33.8 Å². The first-order valence-corrected chi connectivity index (χ1v) is 10.8. The number of ether oxygens (including phenoxy) is 2. The number of aliphatic carboxylic acids is 1. The van der Waals surface area contributed by atoms with Crippen LogP contribution in [0.2, 0.25) is 0 Å². The van der Waals surface area contributed by atoms with E-state index < -0.39 is 12.1 Å². The van der Waals surface area contributed by atoms with Crippen molar-refractivity contribution >= 4 is 27.8 Å². The maximum atomic E-state index is 12.4. The molecule has 3 heterocycles. The Morgan fingerprint density at radius 1 is 1.16 bits per heavy atom. The van der Waals surface area contributed by atoms with E-state index in [1.807, 2.05) is 63.4 Å². The molecule has 32 heavy (non-hydrogen) atoms. The number of rotatable bonds is 5. The smallest absolute Gasteiger partial charge is 0.337 e. The van der Waals surface area contributed by atoms with Crippen molar-refractivity contribution in [3.8, 4) is 16.9 Å². The first-order chi connectivity index (χ1) is 15.5. The van der Waals surface area contributed by atoms with Crippen LogP contribution in [0.25, 0.3) is 32.9 Å². The number of hydrogen-bond acceptors (Lipinski definition) is 5. The van der Waals surface area contributed by atoms with Gasteiger partial charge in [-0.3, -0.25) is 9.97 Å². The minimum absolute atomic E-state index is 0.254. The Balaban J connectivity index is 1.91. The Kier molecular flexibility index (Phi) is 5.02. The van der Waals surface area contributed by atoms with Gasteiger partial charge in [-0.1, -0.05) is 6.07 Å². The van der Waals surface area contributed by atoms with Crippen LogP contribution in [0.5, 0.6) is 5.75 Å². The Hall–Kier alpha value is -3.51. The van der Waals surface area contributed by atoms with Crippen molar-refractivity contribution in [3.63, 3.8) is 0 Å². The van der Waals surface area contributed by atoms with Crippen LogP contribution >= 0.6 is 0 Å². The summed E-state index contributed by atoms with van der Waals surface area (Å²) in [6.07, 6.45) is 3.00. The molecule has 4 aromatic rings. The summed E-state index contributed by atoms with van der Waals surface area (Å²) >= 11 is 0. The topological polar surface area (TPSA) is 81.5 Å². The van der Waals surface area contributed by atoms with Gasteiger partial charge in [-0.2, -0.15) is 0 Å². The molecular formula is C26H24N2O4. The summed E-state index contributed by atoms with van der Waals surface area (Å²) in [7, 11) is 0. The molecular weight excluding hydrogens is 404 g/mol. The number of hydrogen-bond donors (Lipinski definition) is 1. The van der Waals surface area contributed by atoms with Gasteiger partial charge >= 0.3 is 5.97 Å². The van der Waals surface area contributed by atoms with E-state index in [1.165, 1.54) is 5.56 Å². The van der Waals surface area contributed by atoms with Crippen LogP contribution in [0.1, 0.15) is 36.6 Å². The summed E-state index contributed by atoms with van der Waals surface area (Å²) in [5.41, 5.74) is 5.87. The molecule has 1 aliphatic heterocycles. The number of fused-ring (bicyclic) bond motifs is 1. The van der Waals surface area contributed by atoms with Crippen molar-refractivity contribution in [3.05, 3.63) is 65.5 Å². The van der Waals surface area contributed by atoms with Crippen LogP contribution in [0, 0.1) is 6.92 Å². The molecule has 0 fully saturated rings. The number of pyridine rings is 2. The second kappa shape index (κ2) is 7.88. The lowest BCUT2D eigenvalue weighted by atomic mass is 9.87. The average molecular weight is 428 g/mol. The molecule has 162 valence electrons. The maximum absolute atomic E-state index is 12.4. The van der Waals surface area contributed by atoms with Crippen molar-refractivity contribution in [2.75, 3.05) is 6.61 Å². The number of carboxylic acids is 1. The molecule has 1 unspecified atom stereocenters. The lowest BCUT2D eigenvalue weighted by Crippen LogP contribution is -2.21. The third-order valence-electron chi connectivity index (χ3n) is 5.89. The first-order valence-electron chi connectivity index (χ1n) is 10.8. The van der Waals surface area contributed by atoms with Crippen LogP contribution in [-0.2, 0) is 16.0 Å². The second-order valence-corrected chi connectivity index (χ2v) is 8.36. The summed E-state index contributed by atoms with van der Waals surface area (Å²) in [6.45, 7) is 6.23. The second-order valence-electron chi connectivity index (χ2n) is 8.36. The number of aromatic nitrogens is 2. The number of nitrogens with zero attached hydrogens (tertiary/aromatic N) is 2. The third kappa shape index (κ3) is 3.28. The summed E-state index contributed by atoms with van der Waals surface area (Å²) in [6, 6.07) is 11.7. The van der Waals surface area contributed by atoms with Crippen molar-refractivity contribution in [1.82, 2.24) is 9.97 Å². The van der Waals surface area contributed by atoms with Crippen LogP contribution < -0.4 is 4.74 Å². The van der Waals surface area contributed by atoms with E-state index >= 15 is 0 Å². The predicted molar refractivity (Wildman–Crippen MR) is 123 cm³/mol. The van der Waals surface area contributed by atoms with Crippen LogP contribution in [0.4, 0.5) is 0 Å². The quantitative estimate of drug-likeness (QED) is 0.468. The van der Waals surface area contributed by atoms with Crippen molar-refractivity contribution < 1.29 is 19.4 Å². The highest BCUT2D eigenvalue weighted by Gasteiger charge is 2.30. The van der Waals surface area contributed by atoms with Gasteiger partial charge in [0.1, 0.15) is 5.75 Å². The molecule has 0 amide bonds. The molecule has 1 N–H and O–H groups in total. The lowest BCUT2D eigenvalue weighted by molar-refractivity contribution is -0.153. The van der Waals surface area contributed by atoms with Gasteiger partial charge in [0, 0.05) is 40.7 Å². The predicted octanol–water partition coefficient (Wildman–Crippen LogP) is 5.24. The van der Waals surface area contributed by atoms with Gasteiger partial charge < -0.3 is 14.6 Å². The normalized spacial score (nSPS) is 14.0. The van der Waals surface area contributed by atoms with Gasteiger partial charge in [0.25, 0.3) is 0 Å². The number of carbonyl (C=O) groups is 1. The Morgan fingerprint density at radius 2 is 2.00 bits per heavy atom. The Morgan fingerprint density at radius 3 is 2.78 bits per heavy atom. The zero-order valence-corrected chi connectivity index (χ0v) is 18.3. The molecule has 5 rings (SSSR count). The molecule has 1 atom stereocenters. The molecule has 0 spiro atoms. The van der Waals surface area contributed by atoms with Gasteiger partial charge in [0.15, 0.2) is 6.10 Å². The molecule has 0 saturated heterocycles. The highest BCUT2D eigenvalue weighted by molar-refractivity contribution is 6.08. The highest BCUT2D eigenvalue weighted by Crippen LogP contribution is 2.44. The van der Waals surface area contributed by atoms with Gasteiger partial charge in [-0.25, -0.2) is 4.79 Å². The third-order valence-corrected chi connectivity index (χ3v) is 5.89. The van der Waals surface area contributed by atoms with E-state index in [4.69, 9.17) is 14.5 Å². The van der Waals surface area contributed by atoms with E-state index in [9.17, 15) is 9.90 Å². The van der Waals surface area contributed by atoms with E-state index in [-0.39, 0.29) is 6.10 Å². The fraction of sp³-hybridized carbons (Fsp3) is 0.269. The molecule has 0 radical (unpaired) electrons. The summed E-state index contributed by atoms with van der Waals surface area (Å²) in [5.74, 6) is -0.215. The average Bonchev–Trinajstić information content (AvgIpc) is 2.77. The van der Waals surface area contributed by atoms with E-state index in [0.717, 1.165) is 50.7 Å². The molecule has 0 aliphatic carbocycles. The zero-order valence-electron chi connectivity index (χ0n) is 18.3. The summed E-state index contributed by atoms with van der Waals surface area (Å²) in [4.78, 5) is 21.6. The molecule has 2 aromatic heterocycles. The standard InChI is InChI=1S/C26H24N2O4/c1-14(2)32-25(26(29)30)21-15(3)13-19-17(5-4-10-27-19)23(21)18-6-7-20-22-16(9-12-31-20)8-11-28-24(18)22/h4-8,10-11,13-14,25H,9,12H2,1-3H3,(H,29,30).